The van der Waals surface area contributed by atoms with E-state index in [2.05, 4.69) is 10.3 Å². The molecule has 0 aromatic carbocycles. The third kappa shape index (κ3) is 3.32. The van der Waals surface area contributed by atoms with Crippen LogP contribution in [0.15, 0.2) is 4.42 Å². The molecule has 0 unspecified atom stereocenters. The van der Waals surface area contributed by atoms with Crippen LogP contribution in [-0.2, 0) is 5.41 Å². The number of rotatable bonds is 3. The molecule has 1 aromatic rings. The molecule has 0 aliphatic heterocycles. The summed E-state index contributed by atoms with van der Waals surface area (Å²) in [4.78, 5) is 16.2. The van der Waals surface area contributed by atoms with Crippen LogP contribution in [0.3, 0.4) is 0 Å². The number of amides is 1. The molecule has 5 nitrogen and oxygen atoms in total. The molecule has 3 N–H and O–H groups in total. The van der Waals surface area contributed by atoms with Crippen molar-refractivity contribution in [3.05, 3.63) is 17.3 Å². The summed E-state index contributed by atoms with van der Waals surface area (Å²) in [6.45, 7) is 12.0. The number of nitrogens with zero attached hydrogens (tertiary/aromatic N) is 1. The Hall–Kier alpha value is -1.36. The van der Waals surface area contributed by atoms with Crippen LogP contribution in [0.25, 0.3) is 0 Å². The molecule has 1 aromatic heterocycles. The molecule has 18 heavy (non-hydrogen) atoms. The van der Waals surface area contributed by atoms with Gasteiger partial charge in [-0.15, -0.1) is 0 Å². The highest BCUT2D eigenvalue weighted by Crippen LogP contribution is 2.26. The topological polar surface area (TPSA) is 81.2 Å². The van der Waals surface area contributed by atoms with E-state index in [0.717, 1.165) is 11.5 Å². The van der Waals surface area contributed by atoms with Gasteiger partial charge in [-0.3, -0.25) is 4.79 Å². The maximum absolute atomic E-state index is 12.0. The van der Waals surface area contributed by atoms with Crippen LogP contribution in [0, 0.1) is 6.92 Å². The summed E-state index contributed by atoms with van der Waals surface area (Å²) in [5.74, 6) is 0.501. The minimum atomic E-state index is -0.471. The molecular formula is C13H23N3O2. The van der Waals surface area contributed by atoms with Gasteiger partial charge in [0.1, 0.15) is 5.76 Å². The number of hydrogen-bond acceptors (Lipinski definition) is 4. The van der Waals surface area contributed by atoms with E-state index in [1.807, 2.05) is 41.5 Å². The van der Waals surface area contributed by atoms with Gasteiger partial charge in [-0.25, -0.2) is 4.98 Å². The molecular weight excluding hydrogens is 230 g/mol. The van der Waals surface area contributed by atoms with Crippen LogP contribution in [0.4, 0.5) is 0 Å². The first-order chi connectivity index (χ1) is 8.07. The lowest BCUT2D eigenvalue weighted by atomic mass is 9.92. The maximum atomic E-state index is 12.0. The summed E-state index contributed by atoms with van der Waals surface area (Å²) in [5, 5.41) is 2.79. The molecule has 0 aliphatic rings. The normalized spacial score (nSPS) is 12.6. The zero-order valence-electron chi connectivity index (χ0n) is 12.0. The van der Waals surface area contributed by atoms with E-state index in [1.54, 1.807) is 0 Å². The average Bonchev–Trinajstić information content (AvgIpc) is 2.59. The van der Waals surface area contributed by atoms with Crippen LogP contribution in [-0.4, -0.2) is 23.0 Å². The van der Waals surface area contributed by atoms with Crippen LogP contribution in [0.1, 0.15) is 56.8 Å². The van der Waals surface area contributed by atoms with Crippen LogP contribution >= 0.6 is 0 Å². The molecule has 0 saturated carbocycles. The molecule has 1 heterocycles. The molecule has 0 bridgehead atoms. The number of carbonyl (C=O) groups is 1. The van der Waals surface area contributed by atoms with Crippen LogP contribution < -0.4 is 11.1 Å². The number of nitrogens with two attached hydrogens (primary N) is 1. The summed E-state index contributed by atoms with van der Waals surface area (Å²) >= 11 is 0. The van der Waals surface area contributed by atoms with Gasteiger partial charge in [0.2, 0.25) is 0 Å². The highest BCUT2D eigenvalue weighted by Gasteiger charge is 2.27. The van der Waals surface area contributed by atoms with Gasteiger partial charge < -0.3 is 15.5 Å². The van der Waals surface area contributed by atoms with E-state index < -0.39 is 5.54 Å². The van der Waals surface area contributed by atoms with E-state index in [-0.39, 0.29) is 17.2 Å². The van der Waals surface area contributed by atoms with Crippen LogP contribution in [0.5, 0.6) is 0 Å². The van der Waals surface area contributed by atoms with Gasteiger partial charge in [-0.1, -0.05) is 20.8 Å². The lowest BCUT2D eigenvalue weighted by molar-refractivity contribution is 0.0876. The quantitative estimate of drug-likeness (QED) is 0.859. The average molecular weight is 253 g/mol. The van der Waals surface area contributed by atoms with E-state index in [0.29, 0.717) is 6.54 Å². The summed E-state index contributed by atoms with van der Waals surface area (Å²) in [6.07, 6.45) is 0. The minimum Gasteiger partial charge on any atom is -0.437 e. The van der Waals surface area contributed by atoms with Crippen molar-refractivity contribution >= 4 is 5.91 Å². The summed E-state index contributed by atoms with van der Waals surface area (Å²) in [7, 11) is 0. The number of oxazole rings is 1. The fourth-order valence-corrected chi connectivity index (χ4v) is 1.60. The van der Waals surface area contributed by atoms with E-state index >= 15 is 0 Å². The predicted molar refractivity (Wildman–Crippen MR) is 70.5 cm³/mol. The number of carbonyl (C=O) groups excluding carboxylic acids is 1. The molecule has 0 fully saturated rings. The van der Waals surface area contributed by atoms with Crippen molar-refractivity contribution in [1.82, 2.24) is 10.3 Å². The molecule has 102 valence electrons. The molecule has 5 heteroatoms. The molecule has 1 amide bonds. The van der Waals surface area contributed by atoms with E-state index in [1.165, 1.54) is 0 Å². The molecule has 0 aliphatic carbocycles. The summed E-state index contributed by atoms with van der Waals surface area (Å²) in [5.41, 5.74) is 5.68. The Bertz CT molecular complexity index is 442. The number of aryl methyl sites for hydroxylation is 1. The van der Waals surface area contributed by atoms with Gasteiger partial charge >= 0.3 is 5.91 Å². The molecule has 0 saturated heterocycles. The Morgan fingerprint density at radius 2 is 1.89 bits per heavy atom. The first-order valence-corrected chi connectivity index (χ1v) is 6.07. The first-order valence-electron chi connectivity index (χ1n) is 6.07. The second kappa shape index (κ2) is 4.72. The van der Waals surface area contributed by atoms with Crippen molar-refractivity contribution in [2.75, 3.05) is 6.54 Å². The largest absolute Gasteiger partial charge is 0.437 e. The fourth-order valence-electron chi connectivity index (χ4n) is 1.60. The number of nitrogens with one attached hydrogen (secondary N) is 1. The van der Waals surface area contributed by atoms with Crippen molar-refractivity contribution in [2.24, 2.45) is 5.73 Å². The van der Waals surface area contributed by atoms with Gasteiger partial charge in [-0.05, 0) is 20.8 Å². The van der Waals surface area contributed by atoms with Crippen molar-refractivity contribution in [3.63, 3.8) is 0 Å². The zero-order chi connectivity index (χ0) is 14.1. The molecule has 0 atom stereocenters. The highest BCUT2D eigenvalue weighted by atomic mass is 16.4. The maximum Gasteiger partial charge on any atom is 0.307 e. The van der Waals surface area contributed by atoms with Crippen LogP contribution in [0.2, 0.25) is 0 Å². The van der Waals surface area contributed by atoms with Crippen molar-refractivity contribution in [1.29, 1.82) is 0 Å². The molecule has 0 radical (unpaired) electrons. The van der Waals surface area contributed by atoms with Gasteiger partial charge in [0, 0.05) is 17.5 Å². The number of hydrogen-bond donors (Lipinski definition) is 2. The highest BCUT2D eigenvalue weighted by molar-refractivity contribution is 5.90. The zero-order valence-corrected chi connectivity index (χ0v) is 12.0. The van der Waals surface area contributed by atoms with Gasteiger partial charge in [-0.2, -0.15) is 0 Å². The molecule has 0 spiro atoms. The Labute approximate surface area is 108 Å². The standard InChI is InChI=1S/C13H23N3O2/c1-8-9(12(2,3)4)18-11(15-8)10(17)16-13(5,6)7-14/h7,14H2,1-6H3,(H,16,17). The smallest absolute Gasteiger partial charge is 0.307 e. The fraction of sp³-hybridized carbons (Fsp3) is 0.692. The Kier molecular flexibility index (Phi) is 3.86. The Balaban J connectivity index is 2.96. The van der Waals surface area contributed by atoms with E-state index in [4.69, 9.17) is 10.2 Å². The Morgan fingerprint density at radius 3 is 2.28 bits per heavy atom. The lowest BCUT2D eigenvalue weighted by Gasteiger charge is -2.23. The first kappa shape index (κ1) is 14.7. The molecule has 1 rings (SSSR count). The monoisotopic (exact) mass is 253 g/mol. The number of aromatic nitrogens is 1. The summed E-state index contributed by atoms with van der Waals surface area (Å²) < 4.78 is 5.57. The Morgan fingerprint density at radius 1 is 1.33 bits per heavy atom. The van der Waals surface area contributed by atoms with E-state index in [9.17, 15) is 4.79 Å². The van der Waals surface area contributed by atoms with Gasteiger partial charge in [0.25, 0.3) is 5.89 Å². The lowest BCUT2D eigenvalue weighted by Crippen LogP contribution is -2.48. The second-order valence-corrected chi connectivity index (χ2v) is 6.23. The van der Waals surface area contributed by atoms with Gasteiger partial charge in [0.15, 0.2) is 0 Å². The van der Waals surface area contributed by atoms with Gasteiger partial charge in [0.05, 0.1) is 5.69 Å². The predicted octanol–water partition coefficient (Wildman–Crippen LogP) is 1.75. The van der Waals surface area contributed by atoms with Crippen molar-refractivity contribution < 1.29 is 9.21 Å². The third-order valence-electron chi connectivity index (χ3n) is 2.63. The minimum absolute atomic E-state index is 0.0962. The third-order valence-corrected chi connectivity index (χ3v) is 2.63. The summed E-state index contributed by atoms with van der Waals surface area (Å²) in [6, 6.07) is 0. The van der Waals surface area contributed by atoms with Crippen molar-refractivity contribution in [3.8, 4) is 0 Å². The second-order valence-electron chi connectivity index (χ2n) is 6.23. The van der Waals surface area contributed by atoms with Crippen molar-refractivity contribution in [2.45, 2.75) is 52.5 Å². The SMILES string of the molecule is Cc1nc(C(=O)NC(C)(C)CN)oc1C(C)(C)C.